The molecule has 4 atom stereocenters. The van der Waals surface area contributed by atoms with E-state index in [0.717, 1.165) is 5.56 Å². The third-order valence-corrected chi connectivity index (χ3v) is 3.92. The smallest absolute Gasteiger partial charge is 0.227 e. The van der Waals surface area contributed by atoms with Gasteiger partial charge >= 0.3 is 0 Å². The van der Waals surface area contributed by atoms with Crippen molar-refractivity contribution in [2.24, 2.45) is 11.7 Å². The number of hydrogen-bond donors (Lipinski definition) is 1. The molecule has 4 unspecified atom stereocenters. The molecule has 118 valence electrons. The molecule has 0 radical (unpaired) electrons. The number of carbonyl (C=O) groups excluding carboxylic acids is 1. The minimum absolute atomic E-state index is 0. The Hall–Kier alpha value is -1.10. The maximum atomic E-state index is 12.5. The molecule has 1 amide bonds. The number of ether oxygens (including phenoxy) is 1. The molecule has 0 saturated carbocycles. The first-order chi connectivity index (χ1) is 9.49. The Morgan fingerprint density at radius 1 is 1.29 bits per heavy atom. The third-order valence-electron chi connectivity index (χ3n) is 3.92. The van der Waals surface area contributed by atoms with Crippen molar-refractivity contribution < 1.29 is 9.53 Å². The van der Waals surface area contributed by atoms with Gasteiger partial charge in [-0.15, -0.1) is 12.4 Å². The van der Waals surface area contributed by atoms with Gasteiger partial charge in [0.2, 0.25) is 5.91 Å². The highest BCUT2D eigenvalue weighted by atomic mass is 35.5. The van der Waals surface area contributed by atoms with Crippen LogP contribution < -0.4 is 5.73 Å². The van der Waals surface area contributed by atoms with Gasteiger partial charge in [0, 0.05) is 12.6 Å². The summed E-state index contributed by atoms with van der Waals surface area (Å²) in [6.07, 6.45) is -0.0117. The summed E-state index contributed by atoms with van der Waals surface area (Å²) in [5, 5.41) is 0. The van der Waals surface area contributed by atoms with E-state index in [9.17, 15) is 4.79 Å². The Morgan fingerprint density at radius 3 is 2.48 bits per heavy atom. The van der Waals surface area contributed by atoms with E-state index in [2.05, 4.69) is 0 Å². The maximum Gasteiger partial charge on any atom is 0.227 e. The fraction of sp³-hybridized carbons (Fsp3) is 0.562. The Balaban J connectivity index is 0.00000220. The predicted molar refractivity (Wildman–Crippen MR) is 86.4 cm³/mol. The van der Waals surface area contributed by atoms with Gasteiger partial charge in [0.25, 0.3) is 0 Å². The molecule has 0 spiro atoms. The van der Waals surface area contributed by atoms with E-state index in [1.807, 2.05) is 56.0 Å². The minimum Gasteiger partial charge on any atom is -0.367 e. The number of rotatable bonds is 3. The summed E-state index contributed by atoms with van der Waals surface area (Å²) in [5.41, 5.74) is 6.96. The van der Waals surface area contributed by atoms with Crippen molar-refractivity contribution in [2.45, 2.75) is 39.0 Å². The van der Waals surface area contributed by atoms with Crippen LogP contribution in [0.4, 0.5) is 0 Å². The Bertz CT molecular complexity index is 453. The highest BCUT2D eigenvalue weighted by molar-refractivity contribution is 5.85. The first-order valence-corrected chi connectivity index (χ1v) is 7.23. The van der Waals surface area contributed by atoms with Crippen molar-refractivity contribution in [2.75, 3.05) is 13.1 Å². The van der Waals surface area contributed by atoms with Crippen LogP contribution in [0.15, 0.2) is 30.3 Å². The largest absolute Gasteiger partial charge is 0.367 e. The molecule has 2 rings (SSSR count). The zero-order chi connectivity index (χ0) is 14.7. The predicted octanol–water partition coefficient (Wildman–Crippen LogP) is 2.38. The van der Waals surface area contributed by atoms with Gasteiger partial charge in [-0.05, 0) is 19.4 Å². The first kappa shape index (κ1) is 18.0. The summed E-state index contributed by atoms with van der Waals surface area (Å²) < 4.78 is 5.97. The molecule has 4 nitrogen and oxygen atoms in total. The number of nitrogens with zero attached hydrogens (tertiary/aromatic N) is 1. The van der Waals surface area contributed by atoms with Crippen LogP contribution in [0.5, 0.6) is 0 Å². The highest BCUT2D eigenvalue weighted by Crippen LogP contribution is 2.26. The Morgan fingerprint density at radius 2 is 1.90 bits per heavy atom. The van der Waals surface area contributed by atoms with Crippen LogP contribution in [0.3, 0.4) is 0 Å². The van der Waals surface area contributed by atoms with Gasteiger partial charge in [0.05, 0.1) is 18.6 Å². The molecule has 1 heterocycles. The topological polar surface area (TPSA) is 55.6 Å². The maximum absolute atomic E-state index is 12.5. The lowest BCUT2D eigenvalue weighted by Crippen LogP contribution is -2.50. The lowest BCUT2D eigenvalue weighted by Gasteiger charge is -2.38. The van der Waals surface area contributed by atoms with Gasteiger partial charge in [-0.25, -0.2) is 0 Å². The molecule has 1 aliphatic heterocycles. The second kappa shape index (κ2) is 7.78. The summed E-state index contributed by atoms with van der Waals surface area (Å²) in [4.78, 5) is 14.3. The fourth-order valence-electron chi connectivity index (χ4n) is 2.50. The molecule has 2 N–H and O–H groups in total. The van der Waals surface area contributed by atoms with E-state index in [1.165, 1.54) is 0 Å². The monoisotopic (exact) mass is 312 g/mol. The number of carbonyl (C=O) groups is 1. The quantitative estimate of drug-likeness (QED) is 0.932. The standard InChI is InChI=1S/C16H24N2O2.ClH/c1-11-9-18(16(19)12(2)13(3)17)10-15(20-11)14-7-5-4-6-8-14;/h4-8,11-13,15H,9-10,17H2,1-3H3;1H. The number of amides is 1. The van der Waals surface area contributed by atoms with Gasteiger partial charge < -0.3 is 15.4 Å². The average Bonchev–Trinajstić information content (AvgIpc) is 2.45. The van der Waals surface area contributed by atoms with E-state index < -0.39 is 0 Å². The molecule has 0 aliphatic carbocycles. The number of benzene rings is 1. The van der Waals surface area contributed by atoms with Crippen LogP contribution in [0, 0.1) is 5.92 Å². The average molecular weight is 313 g/mol. The normalized spacial score (nSPS) is 24.9. The van der Waals surface area contributed by atoms with Crippen molar-refractivity contribution in [1.82, 2.24) is 4.90 Å². The SMILES string of the molecule is CC1CN(C(=O)C(C)C(C)N)CC(c2ccccc2)O1.Cl. The highest BCUT2D eigenvalue weighted by Gasteiger charge is 2.32. The molecular formula is C16H25ClN2O2. The van der Waals surface area contributed by atoms with Crippen LogP contribution >= 0.6 is 12.4 Å². The minimum atomic E-state index is -0.156. The van der Waals surface area contributed by atoms with E-state index in [0.29, 0.717) is 13.1 Å². The van der Waals surface area contributed by atoms with Gasteiger partial charge in [-0.3, -0.25) is 4.79 Å². The van der Waals surface area contributed by atoms with Crippen LogP contribution in [0.2, 0.25) is 0 Å². The van der Waals surface area contributed by atoms with E-state index in [-0.39, 0.29) is 42.5 Å². The molecule has 5 heteroatoms. The molecule has 1 saturated heterocycles. The van der Waals surface area contributed by atoms with Gasteiger partial charge in [-0.1, -0.05) is 37.3 Å². The van der Waals surface area contributed by atoms with Gasteiger partial charge in [-0.2, -0.15) is 0 Å². The number of nitrogens with two attached hydrogens (primary N) is 1. The van der Waals surface area contributed by atoms with Crippen LogP contribution in [0.1, 0.15) is 32.4 Å². The van der Waals surface area contributed by atoms with Crippen molar-refractivity contribution >= 4 is 18.3 Å². The van der Waals surface area contributed by atoms with Crippen LogP contribution in [-0.2, 0) is 9.53 Å². The second-order valence-electron chi connectivity index (χ2n) is 5.74. The number of halogens is 1. The fourth-order valence-corrected chi connectivity index (χ4v) is 2.50. The number of morpholine rings is 1. The second-order valence-corrected chi connectivity index (χ2v) is 5.74. The summed E-state index contributed by atoms with van der Waals surface area (Å²) in [6, 6.07) is 9.93. The molecule has 1 aromatic carbocycles. The van der Waals surface area contributed by atoms with E-state index in [1.54, 1.807) is 0 Å². The molecule has 0 bridgehead atoms. The first-order valence-electron chi connectivity index (χ1n) is 7.23. The van der Waals surface area contributed by atoms with Crippen molar-refractivity contribution in [3.63, 3.8) is 0 Å². The zero-order valence-electron chi connectivity index (χ0n) is 12.9. The summed E-state index contributed by atoms with van der Waals surface area (Å²) >= 11 is 0. The lowest BCUT2D eigenvalue weighted by molar-refractivity contribution is -0.149. The van der Waals surface area contributed by atoms with E-state index >= 15 is 0 Å². The summed E-state index contributed by atoms with van der Waals surface area (Å²) in [5.74, 6) is -0.0344. The third kappa shape index (κ3) is 4.43. The van der Waals surface area contributed by atoms with Crippen LogP contribution in [-0.4, -0.2) is 36.0 Å². The van der Waals surface area contributed by atoms with Crippen molar-refractivity contribution in [3.8, 4) is 0 Å². The van der Waals surface area contributed by atoms with Crippen molar-refractivity contribution in [1.29, 1.82) is 0 Å². The zero-order valence-corrected chi connectivity index (χ0v) is 13.7. The molecular weight excluding hydrogens is 288 g/mol. The molecule has 1 aromatic rings. The van der Waals surface area contributed by atoms with Gasteiger partial charge in [0.15, 0.2) is 0 Å². The Kier molecular flexibility index (Phi) is 6.65. The molecule has 1 aliphatic rings. The number of hydrogen-bond acceptors (Lipinski definition) is 3. The Labute approximate surface area is 133 Å². The lowest BCUT2D eigenvalue weighted by atomic mass is 10.0. The summed E-state index contributed by atoms with van der Waals surface area (Å²) in [7, 11) is 0. The van der Waals surface area contributed by atoms with Gasteiger partial charge in [0.1, 0.15) is 6.10 Å². The summed E-state index contributed by atoms with van der Waals surface area (Å²) in [6.45, 7) is 7.02. The van der Waals surface area contributed by atoms with Crippen molar-refractivity contribution in [3.05, 3.63) is 35.9 Å². The molecule has 21 heavy (non-hydrogen) atoms. The van der Waals surface area contributed by atoms with Crippen LogP contribution in [0.25, 0.3) is 0 Å². The molecule has 1 fully saturated rings. The van der Waals surface area contributed by atoms with E-state index in [4.69, 9.17) is 10.5 Å². The molecule has 0 aromatic heterocycles.